The summed E-state index contributed by atoms with van der Waals surface area (Å²) < 4.78 is 5.30. The molecule has 3 aromatic rings. The van der Waals surface area contributed by atoms with Crippen LogP contribution in [-0.4, -0.2) is 24.2 Å². The molecule has 0 fully saturated rings. The third-order valence-electron chi connectivity index (χ3n) is 3.62. The Morgan fingerprint density at radius 1 is 0.889 bits per heavy atom. The number of carbonyl (C=O) groups excluding carboxylic acids is 2. The Morgan fingerprint density at radius 3 is 2.37 bits per heavy atom. The summed E-state index contributed by atoms with van der Waals surface area (Å²) in [5.74, 6) is -0.0360. The summed E-state index contributed by atoms with van der Waals surface area (Å²) in [5, 5.41) is 2.86. The first-order valence-electron chi connectivity index (χ1n) is 8.18. The summed E-state index contributed by atoms with van der Waals surface area (Å²) in [6.07, 6.45) is 0. The van der Waals surface area contributed by atoms with Crippen molar-refractivity contribution in [3.63, 3.8) is 0 Å². The highest BCUT2D eigenvalue weighted by atomic mass is 35.5. The number of thioether (sulfide) groups is 1. The monoisotopic (exact) mass is 400 g/mol. The van der Waals surface area contributed by atoms with Gasteiger partial charge in [-0.3, -0.25) is 20.4 Å². The minimum Gasteiger partial charge on any atom is -0.484 e. The van der Waals surface area contributed by atoms with E-state index in [9.17, 15) is 9.59 Å². The molecule has 0 aromatic heterocycles. The van der Waals surface area contributed by atoms with Crippen LogP contribution in [0, 0.1) is 0 Å². The number of carbonyl (C=O) groups is 2. The van der Waals surface area contributed by atoms with E-state index >= 15 is 0 Å². The Kier molecular flexibility index (Phi) is 6.57. The third-order valence-corrected chi connectivity index (χ3v) is 4.86. The van der Waals surface area contributed by atoms with E-state index in [-0.39, 0.29) is 18.3 Å². The molecule has 0 radical (unpaired) electrons. The van der Waals surface area contributed by atoms with Gasteiger partial charge in [-0.1, -0.05) is 41.9 Å². The number of hydrogen-bond donors (Lipinski definition) is 2. The van der Waals surface area contributed by atoms with Gasteiger partial charge in [0.15, 0.2) is 6.61 Å². The molecule has 7 heteroatoms. The lowest BCUT2D eigenvalue weighted by Crippen LogP contribution is -2.44. The lowest BCUT2D eigenvalue weighted by atomic mass is 10.1. The maximum absolute atomic E-state index is 11.9. The second kappa shape index (κ2) is 9.30. The van der Waals surface area contributed by atoms with Crippen LogP contribution in [0.15, 0.2) is 71.6 Å². The van der Waals surface area contributed by atoms with E-state index in [4.69, 9.17) is 16.3 Å². The molecule has 0 unspecified atom stereocenters. The lowest BCUT2D eigenvalue weighted by molar-refractivity contribution is -0.128. The molecule has 0 saturated heterocycles. The highest BCUT2D eigenvalue weighted by Gasteiger charge is 2.07. The van der Waals surface area contributed by atoms with Crippen molar-refractivity contribution in [2.45, 2.75) is 4.90 Å². The molecule has 0 bridgehead atoms. The molecule has 27 heavy (non-hydrogen) atoms. The normalized spacial score (nSPS) is 10.4. The van der Waals surface area contributed by atoms with Crippen LogP contribution >= 0.6 is 23.4 Å². The fraction of sp³-hybridized carbons (Fsp3) is 0.100. The van der Waals surface area contributed by atoms with Crippen molar-refractivity contribution in [1.82, 2.24) is 10.9 Å². The van der Waals surface area contributed by atoms with Crippen LogP contribution in [0.2, 0.25) is 5.02 Å². The van der Waals surface area contributed by atoms with Crippen molar-refractivity contribution in [1.29, 1.82) is 0 Å². The minimum atomic E-state index is -0.450. The van der Waals surface area contributed by atoms with E-state index in [0.29, 0.717) is 10.8 Å². The summed E-state index contributed by atoms with van der Waals surface area (Å²) in [4.78, 5) is 24.6. The Hall–Kier alpha value is -2.70. The van der Waals surface area contributed by atoms with Crippen LogP contribution in [0.3, 0.4) is 0 Å². The molecule has 0 aliphatic rings. The van der Waals surface area contributed by atoms with Crippen LogP contribution in [0.5, 0.6) is 5.75 Å². The Balaban J connectivity index is 1.39. The van der Waals surface area contributed by atoms with Gasteiger partial charge in [0, 0.05) is 9.92 Å². The second-order valence-corrected chi connectivity index (χ2v) is 7.12. The molecule has 2 N–H and O–H groups in total. The van der Waals surface area contributed by atoms with E-state index in [0.717, 1.165) is 15.7 Å². The lowest BCUT2D eigenvalue weighted by Gasteiger charge is -2.09. The predicted octanol–water partition coefficient (Wildman–Crippen LogP) is 3.81. The van der Waals surface area contributed by atoms with Crippen molar-refractivity contribution < 1.29 is 14.3 Å². The number of halogens is 1. The number of hydrazine groups is 1. The fourth-order valence-corrected chi connectivity index (χ4v) is 3.17. The topological polar surface area (TPSA) is 67.4 Å². The molecule has 3 rings (SSSR count). The number of hydrogen-bond acceptors (Lipinski definition) is 4. The van der Waals surface area contributed by atoms with Gasteiger partial charge < -0.3 is 4.74 Å². The van der Waals surface area contributed by atoms with Gasteiger partial charge in [0.2, 0.25) is 5.91 Å². The van der Waals surface area contributed by atoms with Crippen LogP contribution in [0.4, 0.5) is 0 Å². The highest BCUT2D eigenvalue weighted by molar-refractivity contribution is 8.00. The van der Waals surface area contributed by atoms with Crippen molar-refractivity contribution >= 4 is 45.9 Å². The largest absolute Gasteiger partial charge is 0.484 e. The molecule has 0 aliphatic heterocycles. The van der Waals surface area contributed by atoms with Crippen LogP contribution in [0.25, 0.3) is 10.8 Å². The molecule has 5 nitrogen and oxygen atoms in total. The molecular formula is C20H17ClN2O3S. The standard InChI is InChI=1S/C20H17ClN2O3S/c21-16-6-8-17(9-7-16)26-12-19(24)22-23-20(25)13-27-18-10-5-14-3-1-2-4-15(14)11-18/h1-11H,12-13H2,(H,22,24)(H,23,25). The van der Waals surface area contributed by atoms with Crippen molar-refractivity contribution in [3.8, 4) is 5.75 Å². The molecular weight excluding hydrogens is 384 g/mol. The van der Waals surface area contributed by atoms with Gasteiger partial charge in [-0.25, -0.2) is 0 Å². The van der Waals surface area contributed by atoms with E-state index in [2.05, 4.69) is 10.9 Å². The molecule has 0 atom stereocenters. The van der Waals surface area contributed by atoms with Crippen molar-refractivity contribution in [3.05, 3.63) is 71.8 Å². The Bertz CT molecular complexity index is 947. The first-order valence-corrected chi connectivity index (χ1v) is 9.54. The number of nitrogens with one attached hydrogen (secondary N) is 2. The number of benzene rings is 3. The van der Waals surface area contributed by atoms with Gasteiger partial charge in [-0.05, 0) is 47.2 Å². The van der Waals surface area contributed by atoms with Crippen molar-refractivity contribution in [2.75, 3.05) is 12.4 Å². The quantitative estimate of drug-likeness (QED) is 0.487. The van der Waals surface area contributed by atoms with Gasteiger partial charge in [0.25, 0.3) is 5.91 Å². The second-order valence-electron chi connectivity index (χ2n) is 5.64. The average Bonchev–Trinajstić information content (AvgIpc) is 2.70. The number of rotatable bonds is 6. The van der Waals surface area contributed by atoms with Gasteiger partial charge in [0.05, 0.1) is 5.75 Å². The Morgan fingerprint density at radius 2 is 1.59 bits per heavy atom. The summed E-state index contributed by atoms with van der Waals surface area (Å²) in [6.45, 7) is -0.209. The smallest absolute Gasteiger partial charge is 0.276 e. The van der Waals surface area contributed by atoms with Crippen LogP contribution in [-0.2, 0) is 9.59 Å². The van der Waals surface area contributed by atoms with E-state index in [1.165, 1.54) is 11.8 Å². The zero-order valence-electron chi connectivity index (χ0n) is 14.3. The first-order chi connectivity index (χ1) is 13.1. The molecule has 0 heterocycles. The fourth-order valence-electron chi connectivity index (χ4n) is 2.30. The molecule has 0 saturated carbocycles. The number of fused-ring (bicyclic) bond motifs is 1. The Labute approximate surface area is 166 Å². The van der Waals surface area contributed by atoms with Gasteiger partial charge >= 0.3 is 0 Å². The molecule has 138 valence electrons. The highest BCUT2D eigenvalue weighted by Crippen LogP contribution is 2.23. The zero-order valence-corrected chi connectivity index (χ0v) is 15.8. The van der Waals surface area contributed by atoms with Crippen LogP contribution < -0.4 is 15.6 Å². The van der Waals surface area contributed by atoms with Crippen molar-refractivity contribution in [2.24, 2.45) is 0 Å². The van der Waals surface area contributed by atoms with E-state index in [1.54, 1.807) is 24.3 Å². The average molecular weight is 401 g/mol. The van der Waals surface area contributed by atoms with Crippen LogP contribution in [0.1, 0.15) is 0 Å². The minimum absolute atomic E-state index is 0.191. The van der Waals surface area contributed by atoms with E-state index in [1.807, 2.05) is 42.5 Å². The number of amides is 2. The maximum atomic E-state index is 11.9. The summed E-state index contributed by atoms with van der Waals surface area (Å²) >= 11 is 7.18. The van der Waals surface area contributed by atoms with Gasteiger partial charge in [-0.2, -0.15) is 0 Å². The third kappa shape index (κ3) is 5.91. The van der Waals surface area contributed by atoms with E-state index < -0.39 is 5.91 Å². The predicted molar refractivity (Wildman–Crippen MR) is 108 cm³/mol. The molecule has 2 amide bonds. The molecule has 0 aliphatic carbocycles. The molecule has 3 aromatic carbocycles. The summed E-state index contributed by atoms with van der Waals surface area (Å²) in [7, 11) is 0. The summed E-state index contributed by atoms with van der Waals surface area (Å²) in [6, 6.07) is 20.7. The summed E-state index contributed by atoms with van der Waals surface area (Å²) in [5.41, 5.74) is 4.70. The first kappa shape index (κ1) is 19.1. The SMILES string of the molecule is O=C(COc1ccc(Cl)cc1)NNC(=O)CSc1ccc2ccccc2c1. The van der Waals surface area contributed by atoms with Gasteiger partial charge in [0.1, 0.15) is 5.75 Å². The maximum Gasteiger partial charge on any atom is 0.276 e. The molecule has 0 spiro atoms. The number of ether oxygens (including phenoxy) is 1. The van der Waals surface area contributed by atoms with Gasteiger partial charge in [-0.15, -0.1) is 11.8 Å². The zero-order chi connectivity index (χ0) is 19.1.